The van der Waals surface area contributed by atoms with E-state index in [1.807, 2.05) is 0 Å². The summed E-state index contributed by atoms with van der Waals surface area (Å²) in [5.74, 6) is 0.640. The SMILES string of the molecule is CN1CC(Cc2c(Cl)ncnc2Cl)C1. The molecular weight excluding hydrogens is 221 g/mol. The number of hydrogen-bond donors (Lipinski definition) is 0. The zero-order chi connectivity index (χ0) is 10.1. The van der Waals surface area contributed by atoms with E-state index >= 15 is 0 Å². The van der Waals surface area contributed by atoms with Crippen molar-refractivity contribution in [3.05, 3.63) is 22.2 Å². The van der Waals surface area contributed by atoms with Crippen molar-refractivity contribution in [2.45, 2.75) is 6.42 Å². The lowest BCUT2D eigenvalue weighted by molar-refractivity contribution is 0.134. The summed E-state index contributed by atoms with van der Waals surface area (Å²) in [5, 5.41) is 0.971. The van der Waals surface area contributed by atoms with Crippen LogP contribution in [0.15, 0.2) is 6.33 Å². The summed E-state index contributed by atoms with van der Waals surface area (Å²) in [6.07, 6.45) is 2.27. The molecule has 14 heavy (non-hydrogen) atoms. The highest BCUT2D eigenvalue weighted by molar-refractivity contribution is 6.34. The van der Waals surface area contributed by atoms with Crippen LogP contribution in [0.5, 0.6) is 0 Å². The first kappa shape index (κ1) is 10.1. The molecule has 1 aliphatic rings. The van der Waals surface area contributed by atoms with Crippen molar-refractivity contribution in [1.82, 2.24) is 14.9 Å². The first-order valence-electron chi connectivity index (χ1n) is 4.50. The van der Waals surface area contributed by atoms with Gasteiger partial charge < -0.3 is 4.90 Å². The van der Waals surface area contributed by atoms with Gasteiger partial charge in [-0.05, 0) is 19.4 Å². The average molecular weight is 232 g/mol. The summed E-state index contributed by atoms with van der Waals surface area (Å²) >= 11 is 11.9. The van der Waals surface area contributed by atoms with Gasteiger partial charge in [-0.15, -0.1) is 0 Å². The van der Waals surface area contributed by atoms with Crippen molar-refractivity contribution in [3.63, 3.8) is 0 Å². The molecule has 0 bridgehead atoms. The van der Waals surface area contributed by atoms with Gasteiger partial charge in [0.1, 0.15) is 16.6 Å². The lowest BCUT2D eigenvalue weighted by Gasteiger charge is -2.36. The van der Waals surface area contributed by atoms with E-state index in [4.69, 9.17) is 23.2 Å². The molecule has 1 aliphatic heterocycles. The molecule has 76 valence electrons. The van der Waals surface area contributed by atoms with Gasteiger partial charge in [-0.3, -0.25) is 0 Å². The molecule has 0 radical (unpaired) electrons. The van der Waals surface area contributed by atoms with Crippen LogP contribution in [0.2, 0.25) is 10.3 Å². The number of nitrogens with zero attached hydrogens (tertiary/aromatic N) is 3. The summed E-state index contributed by atoms with van der Waals surface area (Å²) < 4.78 is 0. The zero-order valence-corrected chi connectivity index (χ0v) is 9.39. The zero-order valence-electron chi connectivity index (χ0n) is 7.87. The van der Waals surface area contributed by atoms with Crippen molar-refractivity contribution in [1.29, 1.82) is 0 Å². The predicted octanol–water partition coefficient (Wildman–Crippen LogP) is 1.89. The fourth-order valence-electron chi connectivity index (χ4n) is 1.79. The number of hydrogen-bond acceptors (Lipinski definition) is 3. The Labute approximate surface area is 93.1 Å². The van der Waals surface area contributed by atoms with Gasteiger partial charge in [0.2, 0.25) is 0 Å². The Bertz CT molecular complexity index is 317. The molecule has 3 nitrogen and oxygen atoms in total. The van der Waals surface area contributed by atoms with E-state index in [1.54, 1.807) is 0 Å². The Morgan fingerprint density at radius 2 is 1.93 bits per heavy atom. The summed E-state index contributed by atoms with van der Waals surface area (Å²) in [6.45, 7) is 2.20. The van der Waals surface area contributed by atoms with Crippen molar-refractivity contribution in [2.24, 2.45) is 5.92 Å². The van der Waals surface area contributed by atoms with Crippen LogP contribution in [0.1, 0.15) is 5.56 Å². The second kappa shape index (κ2) is 4.01. The Hall–Kier alpha value is -0.380. The summed E-state index contributed by atoms with van der Waals surface area (Å²) in [6, 6.07) is 0. The van der Waals surface area contributed by atoms with Gasteiger partial charge >= 0.3 is 0 Å². The minimum absolute atomic E-state index is 0.486. The van der Waals surface area contributed by atoms with Crippen LogP contribution in [0.4, 0.5) is 0 Å². The van der Waals surface area contributed by atoms with Crippen molar-refractivity contribution in [2.75, 3.05) is 20.1 Å². The molecule has 0 atom stereocenters. The molecule has 0 aromatic carbocycles. The molecule has 5 heteroatoms. The van der Waals surface area contributed by atoms with E-state index in [0.717, 1.165) is 25.1 Å². The van der Waals surface area contributed by atoms with E-state index in [0.29, 0.717) is 16.2 Å². The van der Waals surface area contributed by atoms with E-state index < -0.39 is 0 Å². The quantitative estimate of drug-likeness (QED) is 0.729. The highest BCUT2D eigenvalue weighted by Gasteiger charge is 2.25. The normalized spacial score (nSPS) is 18.2. The molecule has 0 unspecified atom stereocenters. The lowest BCUT2D eigenvalue weighted by Crippen LogP contribution is -2.44. The molecule has 0 saturated carbocycles. The molecule has 1 fully saturated rings. The molecular formula is C9H11Cl2N3. The largest absolute Gasteiger partial charge is 0.306 e. The highest BCUT2D eigenvalue weighted by atomic mass is 35.5. The maximum Gasteiger partial charge on any atom is 0.137 e. The van der Waals surface area contributed by atoms with Gasteiger partial charge in [0.05, 0.1) is 0 Å². The summed E-state index contributed by atoms with van der Waals surface area (Å²) in [4.78, 5) is 10.1. The standard InChI is InChI=1S/C9H11Cl2N3/c1-14-3-6(4-14)2-7-8(10)12-5-13-9(7)11/h5-6H,2-4H2,1H3. The third kappa shape index (κ3) is 2.00. The van der Waals surface area contributed by atoms with Crippen molar-refractivity contribution < 1.29 is 0 Å². The third-order valence-corrected chi connectivity index (χ3v) is 3.12. The predicted molar refractivity (Wildman–Crippen MR) is 56.7 cm³/mol. The Morgan fingerprint density at radius 3 is 2.43 bits per heavy atom. The van der Waals surface area contributed by atoms with Crippen molar-refractivity contribution in [3.8, 4) is 0 Å². The lowest BCUT2D eigenvalue weighted by atomic mass is 9.94. The van der Waals surface area contributed by atoms with E-state index in [9.17, 15) is 0 Å². The third-order valence-electron chi connectivity index (χ3n) is 2.47. The summed E-state index contributed by atoms with van der Waals surface area (Å²) in [7, 11) is 2.10. The van der Waals surface area contributed by atoms with Crippen LogP contribution < -0.4 is 0 Å². The molecule has 0 N–H and O–H groups in total. The number of halogens is 2. The minimum atomic E-state index is 0.486. The monoisotopic (exact) mass is 231 g/mol. The maximum absolute atomic E-state index is 5.94. The number of likely N-dealkylation sites (tertiary alicyclic amines) is 1. The molecule has 0 aliphatic carbocycles. The Kier molecular flexibility index (Phi) is 2.91. The number of aromatic nitrogens is 2. The minimum Gasteiger partial charge on any atom is -0.306 e. The van der Waals surface area contributed by atoms with Gasteiger partial charge in [0, 0.05) is 18.7 Å². The van der Waals surface area contributed by atoms with E-state index in [-0.39, 0.29) is 0 Å². The fourth-order valence-corrected chi connectivity index (χ4v) is 2.25. The Morgan fingerprint density at radius 1 is 1.36 bits per heavy atom. The van der Waals surface area contributed by atoms with Gasteiger partial charge in [-0.25, -0.2) is 9.97 Å². The van der Waals surface area contributed by atoms with Crippen LogP contribution in [0.3, 0.4) is 0 Å². The van der Waals surface area contributed by atoms with Crippen LogP contribution in [-0.4, -0.2) is 35.0 Å². The van der Waals surface area contributed by atoms with Crippen LogP contribution in [-0.2, 0) is 6.42 Å². The molecule has 2 rings (SSSR count). The van der Waals surface area contributed by atoms with Gasteiger partial charge in [0.15, 0.2) is 0 Å². The van der Waals surface area contributed by atoms with E-state index in [1.165, 1.54) is 6.33 Å². The maximum atomic E-state index is 5.94. The van der Waals surface area contributed by atoms with Gasteiger partial charge in [0.25, 0.3) is 0 Å². The number of rotatable bonds is 2. The van der Waals surface area contributed by atoms with Crippen LogP contribution >= 0.6 is 23.2 Å². The molecule has 1 aromatic rings. The van der Waals surface area contributed by atoms with Crippen LogP contribution in [0, 0.1) is 5.92 Å². The summed E-state index contributed by atoms with van der Waals surface area (Å²) in [5.41, 5.74) is 0.883. The van der Waals surface area contributed by atoms with Gasteiger partial charge in [-0.2, -0.15) is 0 Å². The van der Waals surface area contributed by atoms with E-state index in [2.05, 4.69) is 21.9 Å². The van der Waals surface area contributed by atoms with Gasteiger partial charge in [-0.1, -0.05) is 23.2 Å². The van der Waals surface area contributed by atoms with Crippen LogP contribution in [0.25, 0.3) is 0 Å². The topological polar surface area (TPSA) is 29.0 Å². The highest BCUT2D eigenvalue weighted by Crippen LogP contribution is 2.26. The molecule has 0 spiro atoms. The fraction of sp³-hybridized carbons (Fsp3) is 0.556. The second-order valence-electron chi connectivity index (χ2n) is 3.73. The first-order valence-corrected chi connectivity index (χ1v) is 5.26. The second-order valence-corrected chi connectivity index (χ2v) is 4.44. The smallest absolute Gasteiger partial charge is 0.137 e. The molecule has 0 amide bonds. The molecule has 1 aromatic heterocycles. The average Bonchev–Trinajstić information content (AvgIpc) is 2.08. The van der Waals surface area contributed by atoms with Crippen molar-refractivity contribution >= 4 is 23.2 Å². The first-order chi connectivity index (χ1) is 6.66. The Balaban J connectivity index is 2.09. The molecule has 1 saturated heterocycles. The molecule has 2 heterocycles.